The van der Waals surface area contributed by atoms with Crippen molar-refractivity contribution in [2.45, 2.75) is 19.1 Å². The molecule has 2 N–H and O–H groups in total. The van der Waals surface area contributed by atoms with E-state index in [0.717, 1.165) is 15.7 Å². The molecule has 120 valence electrons. The Hall–Kier alpha value is -1.85. The molecule has 0 saturated carbocycles. The van der Waals surface area contributed by atoms with Crippen LogP contribution in [0.3, 0.4) is 0 Å². The van der Waals surface area contributed by atoms with E-state index in [2.05, 4.69) is 21.2 Å². The second-order valence-electron chi connectivity index (χ2n) is 5.79. The number of cyclic esters (lactones) is 1. The fourth-order valence-corrected chi connectivity index (χ4v) is 3.15. The molecule has 1 saturated heterocycles. The van der Waals surface area contributed by atoms with Gasteiger partial charge in [0.15, 0.2) is 5.60 Å². The number of halogens is 1. The van der Waals surface area contributed by atoms with E-state index in [1.54, 1.807) is 6.07 Å². The second-order valence-corrected chi connectivity index (χ2v) is 6.71. The van der Waals surface area contributed by atoms with Gasteiger partial charge in [-0.15, -0.1) is 0 Å². The Morgan fingerprint density at radius 3 is 2.70 bits per heavy atom. The number of hydrogen-bond donors (Lipinski definition) is 2. The summed E-state index contributed by atoms with van der Waals surface area (Å²) in [4.78, 5) is 12.1. The monoisotopic (exact) mass is 375 g/mol. The number of rotatable bonds is 4. The number of benzene rings is 2. The number of nitrogens with one attached hydrogen (secondary N) is 1. The van der Waals surface area contributed by atoms with Gasteiger partial charge in [-0.05, 0) is 23.8 Å². The minimum absolute atomic E-state index is 0.222. The first-order chi connectivity index (χ1) is 11.0. The van der Waals surface area contributed by atoms with E-state index in [-0.39, 0.29) is 12.5 Å². The van der Waals surface area contributed by atoms with Gasteiger partial charge in [-0.25, -0.2) is 4.79 Å². The van der Waals surface area contributed by atoms with E-state index in [1.165, 1.54) is 0 Å². The molecule has 0 unspecified atom stereocenters. The van der Waals surface area contributed by atoms with Gasteiger partial charge in [0.2, 0.25) is 0 Å². The van der Waals surface area contributed by atoms with Crippen LogP contribution in [-0.2, 0) is 21.7 Å². The van der Waals surface area contributed by atoms with E-state index in [4.69, 9.17) is 4.74 Å². The van der Waals surface area contributed by atoms with Gasteiger partial charge in [-0.1, -0.05) is 53.2 Å². The largest absolute Gasteiger partial charge is 0.463 e. The molecule has 0 amide bonds. The zero-order valence-corrected chi connectivity index (χ0v) is 14.3. The van der Waals surface area contributed by atoms with E-state index in [0.29, 0.717) is 12.1 Å². The highest BCUT2D eigenvalue weighted by atomic mass is 79.9. The summed E-state index contributed by atoms with van der Waals surface area (Å²) in [6, 6.07) is 15.5. The lowest BCUT2D eigenvalue weighted by Gasteiger charge is -2.26. The Morgan fingerprint density at radius 1 is 1.30 bits per heavy atom. The smallest absolute Gasteiger partial charge is 0.343 e. The normalized spacial score (nSPS) is 23.6. The number of carbonyl (C=O) groups is 1. The molecular formula is C18H18BrNO3. The summed E-state index contributed by atoms with van der Waals surface area (Å²) in [5, 5.41) is 14.3. The second kappa shape index (κ2) is 6.34. The third-order valence-electron chi connectivity index (χ3n) is 4.21. The summed E-state index contributed by atoms with van der Waals surface area (Å²) < 4.78 is 5.86. The Labute approximate surface area is 143 Å². The van der Waals surface area contributed by atoms with Crippen LogP contribution in [0, 0.1) is 5.92 Å². The molecule has 1 fully saturated rings. The maximum absolute atomic E-state index is 12.1. The number of anilines is 1. The van der Waals surface area contributed by atoms with E-state index < -0.39 is 11.6 Å². The van der Waals surface area contributed by atoms with Gasteiger partial charge in [-0.3, -0.25) is 0 Å². The van der Waals surface area contributed by atoms with Crippen molar-refractivity contribution >= 4 is 27.6 Å². The molecule has 5 heteroatoms. The summed E-state index contributed by atoms with van der Waals surface area (Å²) in [5.41, 5.74) is 0.765. The van der Waals surface area contributed by atoms with Crippen LogP contribution in [0.5, 0.6) is 0 Å². The van der Waals surface area contributed by atoms with Crippen LogP contribution in [0.15, 0.2) is 53.0 Å². The highest BCUT2D eigenvalue weighted by molar-refractivity contribution is 9.10. The van der Waals surface area contributed by atoms with Crippen LogP contribution < -0.4 is 5.32 Å². The third kappa shape index (κ3) is 2.99. The minimum atomic E-state index is -1.62. The predicted octanol–water partition coefficient (Wildman–Crippen LogP) is 3.44. The molecule has 1 aliphatic heterocycles. The summed E-state index contributed by atoms with van der Waals surface area (Å²) >= 11 is 3.41. The van der Waals surface area contributed by atoms with Crippen molar-refractivity contribution in [3.8, 4) is 0 Å². The van der Waals surface area contributed by atoms with Crippen LogP contribution in [0.25, 0.3) is 0 Å². The Kier molecular flexibility index (Phi) is 4.41. The molecule has 0 bridgehead atoms. The van der Waals surface area contributed by atoms with Crippen LogP contribution in [-0.4, -0.2) is 17.7 Å². The summed E-state index contributed by atoms with van der Waals surface area (Å²) in [6.07, 6.45) is 0. The first-order valence-electron chi connectivity index (χ1n) is 7.49. The molecule has 2 aromatic carbocycles. The molecule has 0 spiro atoms. The maximum Gasteiger partial charge on any atom is 0.343 e. The first-order valence-corrected chi connectivity index (χ1v) is 8.28. The van der Waals surface area contributed by atoms with Crippen molar-refractivity contribution in [1.29, 1.82) is 0 Å². The molecule has 2 aromatic rings. The molecule has 4 nitrogen and oxygen atoms in total. The van der Waals surface area contributed by atoms with Crippen LogP contribution in [0.2, 0.25) is 0 Å². The van der Waals surface area contributed by atoms with Crippen molar-refractivity contribution in [3.05, 3.63) is 64.1 Å². The number of esters is 1. The van der Waals surface area contributed by atoms with Gasteiger partial charge in [0, 0.05) is 28.2 Å². The number of ether oxygens (including phenoxy) is 1. The molecule has 1 aliphatic rings. The predicted molar refractivity (Wildman–Crippen MR) is 91.9 cm³/mol. The quantitative estimate of drug-likeness (QED) is 0.803. The molecule has 0 aliphatic carbocycles. The summed E-state index contributed by atoms with van der Waals surface area (Å²) in [6.45, 7) is 2.64. The Morgan fingerprint density at radius 2 is 2.04 bits per heavy atom. The highest BCUT2D eigenvalue weighted by Crippen LogP contribution is 2.41. The van der Waals surface area contributed by atoms with E-state index in [1.807, 2.05) is 49.4 Å². The lowest BCUT2D eigenvalue weighted by atomic mass is 9.83. The molecule has 1 heterocycles. The van der Waals surface area contributed by atoms with Gasteiger partial charge in [0.25, 0.3) is 0 Å². The molecule has 23 heavy (non-hydrogen) atoms. The number of hydrogen-bond acceptors (Lipinski definition) is 4. The van der Waals surface area contributed by atoms with Crippen molar-refractivity contribution in [2.75, 3.05) is 11.9 Å². The van der Waals surface area contributed by atoms with Crippen molar-refractivity contribution in [3.63, 3.8) is 0 Å². The van der Waals surface area contributed by atoms with Gasteiger partial charge < -0.3 is 15.2 Å². The summed E-state index contributed by atoms with van der Waals surface area (Å²) in [5.74, 6) is -0.896. The molecule has 0 aromatic heterocycles. The Balaban J connectivity index is 1.94. The van der Waals surface area contributed by atoms with Crippen molar-refractivity contribution in [1.82, 2.24) is 0 Å². The van der Waals surface area contributed by atoms with E-state index in [9.17, 15) is 9.90 Å². The molecular weight excluding hydrogens is 358 g/mol. The Bertz CT molecular complexity index is 719. The highest BCUT2D eigenvalue weighted by Gasteiger charge is 2.51. The topological polar surface area (TPSA) is 58.6 Å². The first kappa shape index (κ1) is 16.0. The van der Waals surface area contributed by atoms with Crippen molar-refractivity contribution < 1.29 is 14.6 Å². The average molecular weight is 376 g/mol. The number of aliphatic hydroxyl groups is 1. The average Bonchev–Trinajstić information content (AvgIpc) is 2.83. The molecule has 2 atom stereocenters. The van der Waals surface area contributed by atoms with Crippen LogP contribution in [0.1, 0.15) is 18.1 Å². The van der Waals surface area contributed by atoms with Gasteiger partial charge in [0.05, 0.1) is 6.61 Å². The van der Waals surface area contributed by atoms with E-state index >= 15 is 0 Å². The fourth-order valence-electron chi connectivity index (χ4n) is 2.79. The molecule has 0 radical (unpaired) electrons. The third-order valence-corrected chi connectivity index (χ3v) is 4.70. The van der Waals surface area contributed by atoms with Gasteiger partial charge in [0.1, 0.15) is 0 Å². The lowest BCUT2D eigenvalue weighted by Crippen LogP contribution is -2.37. The molecule has 3 rings (SSSR count). The van der Waals surface area contributed by atoms with Crippen molar-refractivity contribution in [2.24, 2.45) is 5.92 Å². The fraction of sp³-hybridized carbons (Fsp3) is 0.278. The number of carbonyl (C=O) groups excluding carboxylic acids is 1. The van der Waals surface area contributed by atoms with Gasteiger partial charge >= 0.3 is 5.97 Å². The maximum atomic E-state index is 12.1. The standard InChI is InChI=1S/C18H18BrNO3/c1-12-11-23-17(21)18(12,22)15-9-14(19)7-8-16(15)20-10-13-5-3-2-4-6-13/h2-9,12,20,22H,10-11H2,1H3/t12-,18+/m0/s1. The lowest BCUT2D eigenvalue weighted by molar-refractivity contribution is -0.155. The SMILES string of the molecule is C[C@H]1COC(=O)[C@]1(O)c1cc(Br)ccc1NCc1ccccc1. The zero-order chi connectivity index (χ0) is 16.4. The summed E-state index contributed by atoms with van der Waals surface area (Å²) in [7, 11) is 0. The zero-order valence-electron chi connectivity index (χ0n) is 12.8. The van der Waals surface area contributed by atoms with Gasteiger partial charge in [-0.2, -0.15) is 0 Å². The van der Waals surface area contributed by atoms with Crippen LogP contribution in [0.4, 0.5) is 5.69 Å². The minimum Gasteiger partial charge on any atom is -0.463 e. The van der Waals surface area contributed by atoms with Crippen LogP contribution >= 0.6 is 15.9 Å².